The molecule has 0 aliphatic carbocycles. The van der Waals surface area contributed by atoms with Gasteiger partial charge in [-0.3, -0.25) is 0 Å². The number of allylic oxidation sites excluding steroid dienone is 1. The predicted molar refractivity (Wildman–Crippen MR) is 161 cm³/mol. The van der Waals surface area contributed by atoms with E-state index in [9.17, 15) is 57.1 Å². The molecule has 0 amide bonds. The van der Waals surface area contributed by atoms with Gasteiger partial charge in [-0.05, 0) is 67.4 Å². The van der Waals surface area contributed by atoms with Crippen molar-refractivity contribution < 1.29 is 71.0 Å². The zero-order valence-corrected chi connectivity index (χ0v) is 29.6. The molecule has 3 atom stereocenters. The van der Waals surface area contributed by atoms with Gasteiger partial charge in [-0.15, -0.1) is 0 Å². The Kier molecular flexibility index (Phi) is 14.8. The topological polar surface area (TPSA) is 27.7 Å². The molecule has 0 spiro atoms. The van der Waals surface area contributed by atoms with Crippen LogP contribution in [0.1, 0.15) is 66.4 Å². The molecule has 0 fully saturated rings. The van der Waals surface area contributed by atoms with E-state index in [1.54, 1.807) is 0 Å². The van der Waals surface area contributed by atoms with E-state index in [0.717, 1.165) is 6.42 Å². The molecule has 1 aromatic rings. The maximum absolute atomic E-state index is 13.9. The SMILES string of the molecule is C[C@@H](C/C=C/[C@H](C)[C@@H](C)OCc1ccc(OCCCC(F)(F)C(F)(F)C(F)(F)C(F)(F)C(F)(F)C(F)(F)F)cc1)CO[Si](C)(C)C(C)(C)C. The maximum Gasteiger partial charge on any atom is 0.460 e. The standard InChI is InChI=1S/C32H45F13O3Si/c1-21(19-48-49(7,8)26(4,5)6)11-9-12-22(2)23(3)47-20-24-13-15-25(16-14-24)46-18-10-17-27(33,34)28(35,36)29(37,38)30(39,40)31(41,42)32(43,44)45/h9,12-16,21-23H,10-11,17-20H2,1-8H3/b12-9+/t21-,22-,23+/m0/s1. The number of benzene rings is 1. The predicted octanol–water partition coefficient (Wildman–Crippen LogP) is 11.7. The Morgan fingerprint density at radius 2 is 1.24 bits per heavy atom. The minimum Gasteiger partial charge on any atom is -0.494 e. The van der Waals surface area contributed by atoms with Crippen molar-refractivity contribution in [2.24, 2.45) is 11.8 Å². The van der Waals surface area contributed by atoms with Gasteiger partial charge in [0.1, 0.15) is 5.75 Å². The van der Waals surface area contributed by atoms with E-state index < -0.39 is 63.6 Å². The van der Waals surface area contributed by atoms with Crippen LogP contribution in [0, 0.1) is 11.8 Å². The van der Waals surface area contributed by atoms with Crippen LogP contribution < -0.4 is 4.74 Å². The average molecular weight is 753 g/mol. The summed E-state index contributed by atoms with van der Waals surface area (Å²) >= 11 is 0. The van der Waals surface area contributed by atoms with Crippen LogP contribution in [0.2, 0.25) is 18.1 Å². The normalized spacial score (nSPS) is 16.6. The summed E-state index contributed by atoms with van der Waals surface area (Å²) in [6.45, 7) is 16.9. The third-order valence-electron chi connectivity index (χ3n) is 8.59. The van der Waals surface area contributed by atoms with Crippen LogP contribution in [0.25, 0.3) is 0 Å². The zero-order valence-electron chi connectivity index (χ0n) is 28.6. The second kappa shape index (κ2) is 16.1. The second-order valence-electron chi connectivity index (χ2n) is 13.8. The molecule has 0 aliphatic heterocycles. The molecule has 0 N–H and O–H groups in total. The fraction of sp³-hybridized carbons (Fsp3) is 0.750. The van der Waals surface area contributed by atoms with Crippen LogP contribution in [-0.2, 0) is 15.8 Å². The number of rotatable bonds is 19. The lowest BCUT2D eigenvalue weighted by Crippen LogP contribution is -2.70. The van der Waals surface area contributed by atoms with Crippen molar-refractivity contribution in [3.8, 4) is 5.75 Å². The largest absolute Gasteiger partial charge is 0.494 e. The summed E-state index contributed by atoms with van der Waals surface area (Å²) in [5, 5.41) is 0.126. The van der Waals surface area contributed by atoms with Crippen LogP contribution in [0.4, 0.5) is 57.1 Å². The Hall–Kier alpha value is -2.01. The number of ether oxygens (including phenoxy) is 2. The number of alkyl halides is 13. The molecule has 0 aromatic heterocycles. The highest BCUT2D eigenvalue weighted by Gasteiger charge is 2.90. The van der Waals surface area contributed by atoms with Crippen LogP contribution >= 0.6 is 0 Å². The summed E-state index contributed by atoms with van der Waals surface area (Å²) in [7, 11) is -1.83. The van der Waals surface area contributed by atoms with Crippen molar-refractivity contribution in [1.29, 1.82) is 0 Å². The lowest BCUT2D eigenvalue weighted by atomic mass is 9.92. The van der Waals surface area contributed by atoms with Gasteiger partial charge in [0.25, 0.3) is 0 Å². The summed E-state index contributed by atoms with van der Waals surface area (Å²) < 4.78 is 189. The van der Waals surface area contributed by atoms with Crippen molar-refractivity contribution >= 4 is 8.32 Å². The van der Waals surface area contributed by atoms with E-state index in [-0.39, 0.29) is 29.4 Å². The minimum absolute atomic E-state index is 0.0107. The first-order chi connectivity index (χ1) is 21.9. The smallest absolute Gasteiger partial charge is 0.460 e. The molecule has 0 bridgehead atoms. The van der Waals surface area contributed by atoms with Crippen LogP contribution in [-0.4, -0.2) is 63.4 Å². The van der Waals surface area contributed by atoms with E-state index in [1.807, 2.05) is 19.9 Å². The van der Waals surface area contributed by atoms with Crippen molar-refractivity contribution in [2.75, 3.05) is 13.2 Å². The van der Waals surface area contributed by atoms with Crippen LogP contribution in [0.15, 0.2) is 36.4 Å². The molecule has 49 heavy (non-hydrogen) atoms. The van der Waals surface area contributed by atoms with Crippen molar-refractivity contribution in [2.45, 2.75) is 127 Å². The fourth-order valence-corrected chi connectivity index (χ4v) is 4.96. The summed E-state index contributed by atoms with van der Waals surface area (Å²) in [5.74, 6) is -36.4. The quantitative estimate of drug-likeness (QED) is 0.0610. The molecule has 0 unspecified atom stereocenters. The van der Waals surface area contributed by atoms with Crippen molar-refractivity contribution in [1.82, 2.24) is 0 Å². The highest BCUT2D eigenvalue weighted by molar-refractivity contribution is 6.74. The molecule has 0 saturated heterocycles. The molecular formula is C32H45F13O3Si. The molecule has 286 valence electrons. The van der Waals surface area contributed by atoms with Gasteiger partial charge >= 0.3 is 35.8 Å². The van der Waals surface area contributed by atoms with E-state index in [4.69, 9.17) is 13.9 Å². The van der Waals surface area contributed by atoms with Crippen molar-refractivity contribution in [3.05, 3.63) is 42.0 Å². The maximum atomic E-state index is 13.9. The number of halogens is 13. The van der Waals surface area contributed by atoms with Gasteiger partial charge in [-0.25, -0.2) is 0 Å². The fourth-order valence-electron chi connectivity index (χ4n) is 3.82. The average Bonchev–Trinajstić information content (AvgIpc) is 2.96. The zero-order chi connectivity index (χ0) is 38.5. The van der Waals surface area contributed by atoms with E-state index in [0.29, 0.717) is 18.1 Å². The molecule has 0 saturated carbocycles. The summed E-state index contributed by atoms with van der Waals surface area (Å²) in [4.78, 5) is 0. The molecule has 0 aliphatic rings. The van der Waals surface area contributed by atoms with Gasteiger partial charge in [-0.1, -0.05) is 58.9 Å². The van der Waals surface area contributed by atoms with Gasteiger partial charge < -0.3 is 13.9 Å². The molecule has 1 aromatic carbocycles. The highest BCUT2D eigenvalue weighted by Crippen LogP contribution is 2.60. The Bertz CT molecular complexity index is 1190. The van der Waals surface area contributed by atoms with E-state index in [1.165, 1.54) is 24.3 Å². The van der Waals surface area contributed by atoms with Gasteiger partial charge in [0.15, 0.2) is 8.32 Å². The lowest BCUT2D eigenvalue weighted by Gasteiger charge is -2.39. The Morgan fingerprint density at radius 3 is 1.73 bits per heavy atom. The first-order valence-corrected chi connectivity index (χ1v) is 18.4. The number of hydrogen-bond donors (Lipinski definition) is 0. The Morgan fingerprint density at radius 1 is 0.735 bits per heavy atom. The monoisotopic (exact) mass is 752 g/mol. The highest BCUT2D eigenvalue weighted by atomic mass is 28.4. The summed E-state index contributed by atoms with van der Waals surface area (Å²) in [5.41, 5.74) is 0.664. The van der Waals surface area contributed by atoms with E-state index >= 15 is 0 Å². The lowest BCUT2D eigenvalue weighted by molar-refractivity contribution is -0.440. The van der Waals surface area contributed by atoms with Crippen molar-refractivity contribution in [3.63, 3.8) is 0 Å². The van der Waals surface area contributed by atoms with Gasteiger partial charge in [0, 0.05) is 13.0 Å². The molecular weight excluding hydrogens is 707 g/mol. The van der Waals surface area contributed by atoms with Gasteiger partial charge in [-0.2, -0.15) is 57.1 Å². The Balaban J connectivity index is 2.62. The molecule has 3 nitrogen and oxygen atoms in total. The Labute approximate surface area is 279 Å². The van der Waals surface area contributed by atoms with Crippen LogP contribution in [0.5, 0.6) is 5.75 Å². The second-order valence-corrected chi connectivity index (χ2v) is 18.6. The number of hydrogen-bond acceptors (Lipinski definition) is 3. The molecule has 0 heterocycles. The van der Waals surface area contributed by atoms with Gasteiger partial charge in [0.2, 0.25) is 0 Å². The minimum atomic E-state index is -7.90. The molecule has 17 heteroatoms. The molecule has 0 radical (unpaired) electrons. The van der Waals surface area contributed by atoms with E-state index in [2.05, 4.69) is 46.9 Å². The van der Waals surface area contributed by atoms with Crippen LogP contribution in [0.3, 0.4) is 0 Å². The third kappa shape index (κ3) is 10.7. The third-order valence-corrected chi connectivity index (χ3v) is 13.1. The molecule has 1 rings (SSSR count). The summed E-state index contributed by atoms with van der Waals surface area (Å²) in [6.07, 6.45) is -6.14. The summed E-state index contributed by atoms with van der Waals surface area (Å²) in [6, 6.07) is 5.75. The first-order valence-electron chi connectivity index (χ1n) is 15.5. The first kappa shape index (κ1) is 45.0. The van der Waals surface area contributed by atoms with Gasteiger partial charge in [0.05, 0.1) is 19.3 Å².